The fourth-order valence-corrected chi connectivity index (χ4v) is 5.66. The van der Waals surface area contributed by atoms with Crippen LogP contribution in [0.2, 0.25) is 0 Å². The third-order valence-electron chi connectivity index (χ3n) is 7.58. The van der Waals surface area contributed by atoms with E-state index in [1.807, 2.05) is 44.4 Å². The highest BCUT2D eigenvalue weighted by Crippen LogP contribution is 2.50. The average Bonchev–Trinajstić information content (AvgIpc) is 3.09. The Morgan fingerprint density at radius 3 is 2.45 bits per heavy atom. The van der Waals surface area contributed by atoms with Gasteiger partial charge in [-0.3, -0.25) is 14.7 Å². The number of fused-ring (bicyclic) bond motifs is 4. The zero-order chi connectivity index (χ0) is 27.1. The molecular formula is C28H32F3N5O2. The minimum absolute atomic E-state index is 0.0729. The fraction of sp³-hybridized carbons (Fsp3) is 0.464. The molecule has 1 aromatic carbocycles. The van der Waals surface area contributed by atoms with Crippen LogP contribution in [-0.2, 0) is 10.2 Å². The van der Waals surface area contributed by atoms with Crippen LogP contribution in [0.4, 0.5) is 18.9 Å². The highest BCUT2D eigenvalue weighted by molar-refractivity contribution is 6.12. The molecule has 202 valence electrons. The van der Waals surface area contributed by atoms with Gasteiger partial charge in [-0.05, 0) is 70.2 Å². The number of piperidine rings is 1. The number of pyridine rings is 2. The number of likely N-dealkylation sites (N-methyl/N-ethyl adjacent to an activating group) is 1. The molecule has 2 aliphatic heterocycles. The molecule has 0 unspecified atom stereocenters. The third-order valence-corrected chi connectivity index (χ3v) is 7.58. The van der Waals surface area contributed by atoms with E-state index in [2.05, 4.69) is 14.9 Å². The van der Waals surface area contributed by atoms with Crippen molar-refractivity contribution in [3.63, 3.8) is 0 Å². The number of carbonyl (C=O) groups is 1. The quantitative estimate of drug-likeness (QED) is 0.422. The Hall–Kier alpha value is -3.24. The maximum absolute atomic E-state index is 13.5. The molecule has 0 radical (unpaired) electrons. The Bertz CT molecular complexity index is 1320. The number of alkyl halides is 3. The van der Waals surface area contributed by atoms with Crippen LogP contribution in [0, 0.1) is 0 Å². The largest absolute Gasteiger partial charge is 0.478 e. The van der Waals surface area contributed by atoms with E-state index in [-0.39, 0.29) is 19.0 Å². The van der Waals surface area contributed by atoms with E-state index in [9.17, 15) is 18.0 Å². The number of amides is 1. The first-order valence-electron chi connectivity index (χ1n) is 12.8. The smallest absolute Gasteiger partial charge is 0.401 e. The summed E-state index contributed by atoms with van der Waals surface area (Å²) >= 11 is 0. The lowest BCUT2D eigenvalue weighted by Crippen LogP contribution is -2.50. The zero-order valence-corrected chi connectivity index (χ0v) is 21.9. The summed E-state index contributed by atoms with van der Waals surface area (Å²) < 4.78 is 44.7. The molecule has 0 aliphatic carbocycles. The molecule has 7 nitrogen and oxygen atoms in total. The normalized spacial score (nSPS) is 17.6. The SMILES string of the molecule is CN(C)CCCOc1ccc(-c2ccc3ncc4c(c3c2)C2(CCN(CC(F)(F)F)CC2)C(=O)N4C)cn1. The highest BCUT2D eigenvalue weighted by Gasteiger charge is 2.52. The molecule has 1 amide bonds. The summed E-state index contributed by atoms with van der Waals surface area (Å²) in [6.07, 6.45) is 0.791. The van der Waals surface area contributed by atoms with E-state index in [1.54, 1.807) is 24.3 Å². The number of carbonyl (C=O) groups excluding carboxylic acids is 1. The molecule has 2 aliphatic rings. The molecule has 4 heterocycles. The summed E-state index contributed by atoms with van der Waals surface area (Å²) in [5.74, 6) is 0.490. The van der Waals surface area contributed by atoms with Crippen LogP contribution in [0.3, 0.4) is 0 Å². The van der Waals surface area contributed by atoms with Crippen molar-refractivity contribution in [1.82, 2.24) is 19.8 Å². The van der Waals surface area contributed by atoms with Crippen LogP contribution in [0.5, 0.6) is 5.88 Å². The highest BCUT2D eigenvalue weighted by atomic mass is 19.4. The van der Waals surface area contributed by atoms with Crippen LogP contribution in [0.15, 0.2) is 42.7 Å². The minimum Gasteiger partial charge on any atom is -0.478 e. The molecular weight excluding hydrogens is 495 g/mol. The summed E-state index contributed by atoms with van der Waals surface area (Å²) in [6.45, 7) is 0.989. The number of likely N-dealkylation sites (tertiary alicyclic amines) is 1. The van der Waals surface area contributed by atoms with Gasteiger partial charge in [-0.15, -0.1) is 0 Å². The number of nitrogens with zero attached hydrogens (tertiary/aromatic N) is 5. The lowest BCUT2D eigenvalue weighted by atomic mass is 9.72. The third kappa shape index (κ3) is 5.07. The predicted molar refractivity (Wildman–Crippen MR) is 140 cm³/mol. The van der Waals surface area contributed by atoms with Gasteiger partial charge in [-0.2, -0.15) is 13.2 Å². The molecule has 0 bridgehead atoms. The lowest BCUT2D eigenvalue weighted by molar-refractivity contribution is -0.150. The number of anilines is 1. The number of hydrogen-bond donors (Lipinski definition) is 0. The monoisotopic (exact) mass is 527 g/mol. The van der Waals surface area contributed by atoms with Gasteiger partial charge in [-0.25, -0.2) is 4.98 Å². The summed E-state index contributed by atoms with van der Waals surface area (Å²) in [4.78, 5) is 27.7. The van der Waals surface area contributed by atoms with Crippen molar-refractivity contribution in [3.05, 3.63) is 48.3 Å². The Morgan fingerprint density at radius 1 is 1.05 bits per heavy atom. The van der Waals surface area contributed by atoms with Gasteiger partial charge in [-0.1, -0.05) is 6.07 Å². The maximum Gasteiger partial charge on any atom is 0.401 e. The van der Waals surface area contributed by atoms with Gasteiger partial charge in [0.1, 0.15) is 0 Å². The second-order valence-electron chi connectivity index (χ2n) is 10.5. The molecule has 0 saturated carbocycles. The number of halogens is 3. The number of ether oxygens (including phenoxy) is 1. The molecule has 1 fully saturated rings. The maximum atomic E-state index is 13.5. The van der Waals surface area contributed by atoms with Crippen molar-refractivity contribution in [3.8, 4) is 17.0 Å². The number of aromatic nitrogens is 2. The Morgan fingerprint density at radius 2 is 1.79 bits per heavy atom. The lowest BCUT2D eigenvalue weighted by Gasteiger charge is -2.38. The van der Waals surface area contributed by atoms with Gasteiger partial charge in [0.2, 0.25) is 11.8 Å². The van der Waals surface area contributed by atoms with E-state index < -0.39 is 18.1 Å². The van der Waals surface area contributed by atoms with Crippen LogP contribution >= 0.6 is 0 Å². The van der Waals surface area contributed by atoms with Gasteiger partial charge >= 0.3 is 6.18 Å². The summed E-state index contributed by atoms with van der Waals surface area (Å²) in [5.41, 5.74) is 3.32. The van der Waals surface area contributed by atoms with Crippen LogP contribution in [0.1, 0.15) is 24.8 Å². The van der Waals surface area contributed by atoms with Gasteiger partial charge in [0.15, 0.2) is 0 Å². The Labute approximate surface area is 220 Å². The van der Waals surface area contributed by atoms with E-state index in [0.29, 0.717) is 25.3 Å². The molecule has 0 atom stereocenters. The van der Waals surface area contributed by atoms with Crippen molar-refractivity contribution >= 4 is 22.5 Å². The van der Waals surface area contributed by atoms with E-state index in [4.69, 9.17) is 4.74 Å². The fourth-order valence-electron chi connectivity index (χ4n) is 5.66. The molecule has 10 heteroatoms. The molecule has 5 rings (SSSR count). The molecule has 2 aromatic heterocycles. The average molecular weight is 528 g/mol. The topological polar surface area (TPSA) is 61.8 Å². The molecule has 1 spiro atoms. The van der Waals surface area contributed by atoms with Gasteiger partial charge < -0.3 is 14.5 Å². The van der Waals surface area contributed by atoms with Crippen molar-refractivity contribution in [2.45, 2.75) is 30.9 Å². The van der Waals surface area contributed by atoms with Crippen molar-refractivity contribution in [2.24, 2.45) is 0 Å². The first-order chi connectivity index (χ1) is 18.1. The predicted octanol–water partition coefficient (Wildman–Crippen LogP) is 4.50. The van der Waals surface area contributed by atoms with Crippen molar-refractivity contribution < 1.29 is 22.7 Å². The molecule has 3 aromatic rings. The van der Waals surface area contributed by atoms with Crippen LogP contribution in [-0.4, -0.2) is 85.8 Å². The van der Waals surface area contributed by atoms with Gasteiger partial charge in [0.25, 0.3) is 0 Å². The standard InChI is InChI=1S/C28H32F3N5O2/c1-34(2)11-4-14-38-24-8-6-20(16-33-24)19-5-7-22-21(15-19)25-23(17-32-22)35(3)26(37)27(25)9-12-36(13-10-27)18-28(29,30)31/h5-8,15-17H,4,9-14,18H2,1-3H3. The molecule has 1 saturated heterocycles. The molecule has 38 heavy (non-hydrogen) atoms. The number of benzene rings is 1. The number of rotatable bonds is 7. The summed E-state index contributed by atoms with van der Waals surface area (Å²) in [6, 6.07) is 9.71. The second-order valence-corrected chi connectivity index (χ2v) is 10.5. The van der Waals surface area contributed by atoms with E-state index >= 15 is 0 Å². The first-order valence-corrected chi connectivity index (χ1v) is 12.8. The zero-order valence-electron chi connectivity index (χ0n) is 21.9. The van der Waals surface area contributed by atoms with E-state index in [1.165, 1.54) is 4.90 Å². The Balaban J connectivity index is 1.44. The second kappa shape index (κ2) is 10.1. The summed E-state index contributed by atoms with van der Waals surface area (Å²) in [5, 5.41) is 0.853. The van der Waals surface area contributed by atoms with Crippen molar-refractivity contribution in [2.75, 3.05) is 58.8 Å². The van der Waals surface area contributed by atoms with Crippen LogP contribution < -0.4 is 9.64 Å². The van der Waals surface area contributed by atoms with Crippen LogP contribution in [0.25, 0.3) is 22.0 Å². The summed E-state index contributed by atoms with van der Waals surface area (Å²) in [7, 11) is 5.76. The Kier molecular flexibility index (Phi) is 7.04. The number of hydrogen-bond acceptors (Lipinski definition) is 6. The minimum atomic E-state index is -4.26. The van der Waals surface area contributed by atoms with E-state index in [0.717, 1.165) is 46.2 Å². The van der Waals surface area contributed by atoms with Gasteiger partial charge in [0.05, 0.1) is 36.0 Å². The van der Waals surface area contributed by atoms with Crippen molar-refractivity contribution in [1.29, 1.82) is 0 Å². The first kappa shape index (κ1) is 26.4. The molecule has 0 N–H and O–H groups in total. The van der Waals surface area contributed by atoms with Gasteiger partial charge in [0, 0.05) is 42.4 Å².